The molecule has 1 aromatic carbocycles. The largest absolute Gasteiger partial charge is 0.234 e. The highest BCUT2D eigenvalue weighted by Gasteiger charge is 2.41. The van der Waals surface area contributed by atoms with Gasteiger partial charge in [-0.2, -0.15) is 14.0 Å². The number of aromatic nitrogens is 3. The van der Waals surface area contributed by atoms with Crippen LogP contribution in [-0.4, -0.2) is 14.6 Å². The van der Waals surface area contributed by atoms with Crippen LogP contribution < -0.4 is 0 Å². The first-order chi connectivity index (χ1) is 10.1. The summed E-state index contributed by atoms with van der Waals surface area (Å²) >= 11 is 5.96. The van der Waals surface area contributed by atoms with Crippen LogP contribution in [0.4, 0.5) is 8.78 Å². The molecule has 0 spiro atoms. The standard InChI is InChI=1S/C15H10ClF2N3/c16-13-6-12(15-19-7-14(18)21(15)20-13)11-5-10(11)8-1-3-9(17)4-2-8/h1-4,6-7,10-11H,5H2/t10-,11?/m1/s1. The lowest BCUT2D eigenvalue weighted by molar-refractivity contribution is 0.548. The Bertz CT molecular complexity index is 829. The molecule has 0 N–H and O–H groups in total. The van der Waals surface area contributed by atoms with Gasteiger partial charge in [0.2, 0.25) is 5.95 Å². The second-order valence-electron chi connectivity index (χ2n) is 5.24. The van der Waals surface area contributed by atoms with E-state index in [0.717, 1.165) is 28.3 Å². The summed E-state index contributed by atoms with van der Waals surface area (Å²) in [4.78, 5) is 4.07. The summed E-state index contributed by atoms with van der Waals surface area (Å²) < 4.78 is 27.7. The van der Waals surface area contributed by atoms with Crippen molar-refractivity contribution in [3.63, 3.8) is 0 Å². The Balaban J connectivity index is 1.74. The van der Waals surface area contributed by atoms with Crippen molar-refractivity contribution in [2.75, 3.05) is 0 Å². The topological polar surface area (TPSA) is 30.2 Å². The van der Waals surface area contributed by atoms with Crippen molar-refractivity contribution in [2.45, 2.75) is 18.3 Å². The van der Waals surface area contributed by atoms with Gasteiger partial charge in [0.15, 0.2) is 10.8 Å². The number of fused-ring (bicyclic) bond motifs is 1. The molecule has 0 radical (unpaired) electrons. The van der Waals surface area contributed by atoms with Gasteiger partial charge in [0.05, 0.1) is 6.20 Å². The molecule has 2 aromatic heterocycles. The lowest BCUT2D eigenvalue weighted by Gasteiger charge is -2.04. The third-order valence-electron chi connectivity index (χ3n) is 3.91. The van der Waals surface area contributed by atoms with E-state index < -0.39 is 5.95 Å². The van der Waals surface area contributed by atoms with E-state index in [4.69, 9.17) is 11.6 Å². The lowest BCUT2D eigenvalue weighted by atomic mass is 10.1. The SMILES string of the molecule is Fc1ccc([C@H]2CC2c2cc(Cl)nn3c(F)cnc23)cc1. The van der Waals surface area contributed by atoms with Crippen LogP contribution in [-0.2, 0) is 0 Å². The fraction of sp³-hybridized carbons (Fsp3) is 0.200. The number of hydrogen-bond donors (Lipinski definition) is 0. The number of hydrogen-bond acceptors (Lipinski definition) is 2. The maximum atomic E-state index is 13.6. The second-order valence-corrected chi connectivity index (χ2v) is 5.63. The molecule has 3 nitrogen and oxygen atoms in total. The molecule has 1 unspecified atom stereocenters. The highest BCUT2D eigenvalue weighted by atomic mass is 35.5. The lowest BCUT2D eigenvalue weighted by Crippen LogP contribution is -1.99. The maximum absolute atomic E-state index is 13.6. The van der Waals surface area contributed by atoms with E-state index >= 15 is 0 Å². The average Bonchev–Trinajstić information content (AvgIpc) is 3.18. The smallest absolute Gasteiger partial charge is 0.232 e. The number of benzene rings is 1. The Morgan fingerprint density at radius 1 is 1.14 bits per heavy atom. The fourth-order valence-corrected chi connectivity index (χ4v) is 3.02. The van der Waals surface area contributed by atoms with Crippen molar-refractivity contribution in [1.82, 2.24) is 14.6 Å². The summed E-state index contributed by atoms with van der Waals surface area (Å²) in [6.07, 6.45) is 2.05. The van der Waals surface area contributed by atoms with E-state index in [0.29, 0.717) is 5.65 Å². The van der Waals surface area contributed by atoms with Crippen molar-refractivity contribution >= 4 is 17.2 Å². The predicted octanol–water partition coefficient (Wildman–Crippen LogP) is 3.93. The van der Waals surface area contributed by atoms with Gasteiger partial charge in [0.1, 0.15) is 5.82 Å². The van der Waals surface area contributed by atoms with Crippen molar-refractivity contribution < 1.29 is 8.78 Å². The molecule has 2 atom stereocenters. The number of imidazole rings is 1. The maximum Gasteiger partial charge on any atom is 0.234 e. The monoisotopic (exact) mass is 305 g/mol. The molecular weight excluding hydrogens is 296 g/mol. The molecule has 6 heteroatoms. The van der Waals surface area contributed by atoms with Gasteiger partial charge in [-0.25, -0.2) is 9.37 Å². The van der Waals surface area contributed by atoms with Crippen molar-refractivity contribution in [3.8, 4) is 0 Å². The third kappa shape index (κ3) is 2.08. The Labute approximate surface area is 124 Å². The van der Waals surface area contributed by atoms with Gasteiger partial charge in [-0.15, -0.1) is 0 Å². The van der Waals surface area contributed by atoms with Crippen LogP contribution in [0.25, 0.3) is 5.65 Å². The summed E-state index contributed by atoms with van der Waals surface area (Å²) in [5.41, 5.74) is 2.44. The number of halogens is 3. The summed E-state index contributed by atoms with van der Waals surface area (Å²) in [6.45, 7) is 0. The molecule has 1 saturated carbocycles. The van der Waals surface area contributed by atoms with Gasteiger partial charge in [-0.05, 0) is 42.0 Å². The minimum absolute atomic E-state index is 0.209. The Morgan fingerprint density at radius 2 is 1.90 bits per heavy atom. The average molecular weight is 306 g/mol. The molecule has 0 amide bonds. The summed E-state index contributed by atoms with van der Waals surface area (Å²) in [6, 6.07) is 8.21. The van der Waals surface area contributed by atoms with E-state index in [2.05, 4.69) is 10.1 Å². The van der Waals surface area contributed by atoms with E-state index in [1.807, 2.05) is 0 Å². The van der Waals surface area contributed by atoms with Crippen molar-refractivity contribution in [3.05, 3.63) is 64.6 Å². The second kappa shape index (κ2) is 4.49. The molecule has 1 aliphatic carbocycles. The fourth-order valence-electron chi connectivity index (χ4n) is 2.82. The van der Waals surface area contributed by atoms with Crippen LogP contribution in [0, 0.1) is 11.8 Å². The molecule has 1 aliphatic rings. The van der Waals surface area contributed by atoms with Gasteiger partial charge in [0.25, 0.3) is 0 Å². The zero-order chi connectivity index (χ0) is 14.6. The summed E-state index contributed by atoms with van der Waals surface area (Å²) in [5.74, 6) is -0.291. The van der Waals surface area contributed by atoms with Crippen molar-refractivity contribution in [1.29, 1.82) is 0 Å². The van der Waals surface area contributed by atoms with E-state index in [-0.39, 0.29) is 22.8 Å². The molecular formula is C15H10ClF2N3. The first-order valence-electron chi connectivity index (χ1n) is 6.58. The highest BCUT2D eigenvalue weighted by molar-refractivity contribution is 6.29. The molecule has 106 valence electrons. The summed E-state index contributed by atoms with van der Waals surface area (Å²) in [7, 11) is 0. The minimum Gasteiger partial charge on any atom is -0.232 e. The van der Waals surface area contributed by atoms with Crippen LogP contribution >= 0.6 is 11.6 Å². The van der Waals surface area contributed by atoms with Gasteiger partial charge in [-0.3, -0.25) is 0 Å². The van der Waals surface area contributed by atoms with Gasteiger partial charge in [0, 0.05) is 5.56 Å². The predicted molar refractivity (Wildman–Crippen MR) is 74.5 cm³/mol. The van der Waals surface area contributed by atoms with Crippen molar-refractivity contribution in [2.24, 2.45) is 0 Å². The third-order valence-corrected chi connectivity index (χ3v) is 4.10. The normalized spacial score (nSPS) is 20.9. The van der Waals surface area contributed by atoms with Gasteiger partial charge in [-0.1, -0.05) is 23.7 Å². The molecule has 0 bridgehead atoms. The molecule has 3 aromatic rings. The molecule has 0 saturated heterocycles. The van der Waals surface area contributed by atoms with Gasteiger partial charge < -0.3 is 0 Å². The van der Waals surface area contributed by atoms with Crippen LogP contribution in [0.15, 0.2) is 36.5 Å². The number of rotatable bonds is 2. The van der Waals surface area contributed by atoms with Crippen LogP contribution in [0.1, 0.15) is 29.4 Å². The Hall–Kier alpha value is -2.01. The first kappa shape index (κ1) is 12.7. The molecule has 21 heavy (non-hydrogen) atoms. The van der Waals surface area contributed by atoms with Crippen LogP contribution in [0.2, 0.25) is 5.15 Å². The van der Waals surface area contributed by atoms with E-state index in [1.165, 1.54) is 12.1 Å². The minimum atomic E-state index is -0.535. The summed E-state index contributed by atoms with van der Waals surface area (Å²) in [5, 5.41) is 4.15. The molecule has 4 rings (SSSR count). The first-order valence-corrected chi connectivity index (χ1v) is 6.96. The highest BCUT2D eigenvalue weighted by Crippen LogP contribution is 2.55. The van der Waals surface area contributed by atoms with Crippen LogP contribution in [0.5, 0.6) is 0 Å². The van der Waals surface area contributed by atoms with Gasteiger partial charge >= 0.3 is 0 Å². The Kier molecular flexibility index (Phi) is 2.72. The van der Waals surface area contributed by atoms with Crippen LogP contribution in [0.3, 0.4) is 0 Å². The quantitative estimate of drug-likeness (QED) is 0.718. The molecule has 1 fully saturated rings. The Morgan fingerprint density at radius 3 is 2.67 bits per heavy atom. The zero-order valence-corrected chi connectivity index (χ0v) is 11.6. The van der Waals surface area contributed by atoms with E-state index in [1.54, 1.807) is 18.2 Å². The van der Waals surface area contributed by atoms with E-state index in [9.17, 15) is 8.78 Å². The molecule has 2 heterocycles. The number of nitrogens with zero attached hydrogens (tertiary/aromatic N) is 3. The molecule has 0 aliphatic heterocycles. The zero-order valence-electron chi connectivity index (χ0n) is 10.8.